The minimum atomic E-state index is 0.565. The second kappa shape index (κ2) is 7.79. The lowest BCUT2D eigenvalue weighted by Crippen LogP contribution is -1.98. The smallest absolute Gasteiger partial charge is 0.227 e. The molecule has 1 N–H and O–H groups in total. The topological polar surface area (TPSA) is 61.6 Å². The van der Waals surface area contributed by atoms with Gasteiger partial charge < -0.3 is 5.32 Å². The fourth-order valence-corrected chi connectivity index (χ4v) is 2.84. The van der Waals surface area contributed by atoms with Crippen molar-refractivity contribution < 1.29 is 0 Å². The first kappa shape index (κ1) is 17.6. The zero-order valence-corrected chi connectivity index (χ0v) is 15.3. The predicted molar refractivity (Wildman–Crippen MR) is 105 cm³/mol. The second-order valence-electron chi connectivity index (χ2n) is 6.86. The van der Waals surface area contributed by atoms with E-state index in [2.05, 4.69) is 59.5 Å². The summed E-state index contributed by atoms with van der Waals surface area (Å²) in [6.07, 6.45) is 4.67. The maximum atomic E-state index is 9.03. The number of nitrogens with one attached hydrogen (secondary N) is 1. The first-order chi connectivity index (χ1) is 12.5. The maximum absolute atomic E-state index is 9.03. The van der Waals surface area contributed by atoms with Crippen LogP contribution in [0.1, 0.15) is 30.5 Å². The number of anilines is 2. The van der Waals surface area contributed by atoms with Crippen LogP contribution in [0.3, 0.4) is 0 Å². The van der Waals surface area contributed by atoms with Gasteiger partial charge in [0.25, 0.3) is 0 Å². The van der Waals surface area contributed by atoms with E-state index in [4.69, 9.17) is 5.26 Å². The molecule has 0 aliphatic carbocycles. The van der Waals surface area contributed by atoms with Crippen LogP contribution >= 0.6 is 0 Å². The normalized spacial score (nSPS) is 10.6. The van der Waals surface area contributed by atoms with Gasteiger partial charge in [0.2, 0.25) is 5.95 Å². The lowest BCUT2D eigenvalue weighted by molar-refractivity contribution is 0.647. The lowest BCUT2D eigenvalue weighted by Gasteiger charge is -2.09. The quantitative estimate of drug-likeness (QED) is 0.686. The summed E-state index contributed by atoms with van der Waals surface area (Å²) >= 11 is 0. The van der Waals surface area contributed by atoms with Crippen molar-refractivity contribution in [3.63, 3.8) is 0 Å². The van der Waals surface area contributed by atoms with Crippen LogP contribution in [0.15, 0.2) is 54.9 Å². The molecular weight excluding hydrogens is 320 g/mol. The minimum Gasteiger partial charge on any atom is -0.324 e. The van der Waals surface area contributed by atoms with E-state index in [0.717, 1.165) is 28.8 Å². The van der Waals surface area contributed by atoms with Crippen LogP contribution in [0.4, 0.5) is 11.6 Å². The lowest BCUT2D eigenvalue weighted by atomic mass is 10.0. The Labute approximate surface area is 154 Å². The molecule has 1 aromatic heterocycles. The molecule has 1 heterocycles. The fourth-order valence-electron chi connectivity index (χ4n) is 2.84. The molecule has 4 nitrogen and oxygen atoms in total. The van der Waals surface area contributed by atoms with E-state index in [9.17, 15) is 0 Å². The van der Waals surface area contributed by atoms with Crippen LogP contribution in [0, 0.1) is 24.2 Å². The Hall–Kier alpha value is -3.19. The van der Waals surface area contributed by atoms with Crippen LogP contribution in [0.5, 0.6) is 0 Å². The minimum absolute atomic E-state index is 0.565. The largest absolute Gasteiger partial charge is 0.324 e. The van der Waals surface area contributed by atoms with Gasteiger partial charge in [-0.2, -0.15) is 5.26 Å². The molecule has 0 saturated carbocycles. The standard InChI is InChI=1S/C22H22N4/c1-15(2)10-17-4-8-21(9-5-17)26-22-24-13-20(14-25-22)18-6-7-19(12-23)16(3)11-18/h4-9,11,13-15H,10H2,1-3H3,(H,24,25,26). The third-order valence-electron chi connectivity index (χ3n) is 4.19. The molecule has 130 valence electrons. The molecule has 0 fully saturated rings. The number of benzene rings is 2. The Balaban J connectivity index is 1.72. The van der Waals surface area contributed by atoms with Gasteiger partial charge in [-0.3, -0.25) is 0 Å². The highest BCUT2D eigenvalue weighted by Gasteiger charge is 2.04. The predicted octanol–water partition coefficient (Wildman–Crippen LogP) is 5.27. The van der Waals surface area contributed by atoms with Gasteiger partial charge in [0, 0.05) is 23.6 Å². The summed E-state index contributed by atoms with van der Waals surface area (Å²) in [4.78, 5) is 8.81. The average molecular weight is 342 g/mol. The zero-order valence-electron chi connectivity index (χ0n) is 15.3. The molecule has 3 aromatic rings. The zero-order chi connectivity index (χ0) is 18.5. The third-order valence-corrected chi connectivity index (χ3v) is 4.19. The number of rotatable bonds is 5. The molecule has 0 atom stereocenters. The Morgan fingerprint density at radius 3 is 2.27 bits per heavy atom. The molecule has 26 heavy (non-hydrogen) atoms. The molecule has 3 rings (SSSR count). The van der Waals surface area contributed by atoms with Crippen molar-refractivity contribution in [2.75, 3.05) is 5.32 Å². The molecule has 0 saturated heterocycles. The van der Waals surface area contributed by atoms with E-state index in [1.807, 2.05) is 25.1 Å². The number of aromatic nitrogens is 2. The highest BCUT2D eigenvalue weighted by molar-refractivity contribution is 5.65. The third kappa shape index (κ3) is 4.25. The molecule has 4 heteroatoms. The van der Waals surface area contributed by atoms with Crippen LogP contribution in [0.2, 0.25) is 0 Å². The van der Waals surface area contributed by atoms with Crippen LogP contribution in [-0.4, -0.2) is 9.97 Å². The molecule has 0 unspecified atom stereocenters. The Morgan fingerprint density at radius 2 is 1.69 bits per heavy atom. The molecule has 0 amide bonds. The van der Waals surface area contributed by atoms with E-state index in [-0.39, 0.29) is 0 Å². The summed E-state index contributed by atoms with van der Waals surface area (Å²) < 4.78 is 0. The van der Waals surface area contributed by atoms with E-state index in [0.29, 0.717) is 17.4 Å². The Bertz CT molecular complexity index is 920. The van der Waals surface area contributed by atoms with Crippen molar-refractivity contribution in [3.8, 4) is 17.2 Å². The summed E-state index contributed by atoms with van der Waals surface area (Å²) in [5, 5.41) is 12.3. The summed E-state index contributed by atoms with van der Waals surface area (Å²) in [6, 6.07) is 16.3. The van der Waals surface area contributed by atoms with Gasteiger partial charge in [-0.25, -0.2) is 9.97 Å². The Kier molecular flexibility index (Phi) is 5.28. The second-order valence-corrected chi connectivity index (χ2v) is 6.86. The SMILES string of the molecule is Cc1cc(-c2cnc(Nc3ccc(CC(C)C)cc3)nc2)ccc1C#N. The van der Waals surface area contributed by atoms with E-state index >= 15 is 0 Å². The monoisotopic (exact) mass is 342 g/mol. The van der Waals surface area contributed by atoms with Gasteiger partial charge in [-0.1, -0.05) is 38.1 Å². The van der Waals surface area contributed by atoms with E-state index < -0.39 is 0 Å². The first-order valence-corrected chi connectivity index (χ1v) is 8.74. The van der Waals surface area contributed by atoms with Crippen molar-refractivity contribution in [1.82, 2.24) is 9.97 Å². The van der Waals surface area contributed by atoms with Gasteiger partial charge >= 0.3 is 0 Å². The highest BCUT2D eigenvalue weighted by atomic mass is 15.1. The number of nitrogens with zero attached hydrogens (tertiary/aromatic N) is 3. The maximum Gasteiger partial charge on any atom is 0.227 e. The Morgan fingerprint density at radius 1 is 1.00 bits per heavy atom. The van der Waals surface area contributed by atoms with Crippen molar-refractivity contribution in [2.24, 2.45) is 5.92 Å². The van der Waals surface area contributed by atoms with Gasteiger partial charge in [-0.15, -0.1) is 0 Å². The van der Waals surface area contributed by atoms with Crippen molar-refractivity contribution >= 4 is 11.6 Å². The highest BCUT2D eigenvalue weighted by Crippen LogP contribution is 2.22. The average Bonchev–Trinajstić information content (AvgIpc) is 2.63. The van der Waals surface area contributed by atoms with Crippen molar-refractivity contribution in [3.05, 3.63) is 71.5 Å². The van der Waals surface area contributed by atoms with Gasteiger partial charge in [0.1, 0.15) is 0 Å². The first-order valence-electron chi connectivity index (χ1n) is 8.74. The van der Waals surface area contributed by atoms with Crippen LogP contribution in [-0.2, 0) is 6.42 Å². The van der Waals surface area contributed by atoms with Crippen molar-refractivity contribution in [1.29, 1.82) is 5.26 Å². The van der Waals surface area contributed by atoms with E-state index in [1.54, 1.807) is 12.4 Å². The summed E-state index contributed by atoms with van der Waals surface area (Å²) in [7, 11) is 0. The van der Waals surface area contributed by atoms with Crippen LogP contribution < -0.4 is 5.32 Å². The fraction of sp³-hybridized carbons (Fsp3) is 0.227. The van der Waals surface area contributed by atoms with Gasteiger partial charge in [-0.05, 0) is 54.2 Å². The summed E-state index contributed by atoms with van der Waals surface area (Å²) in [5.74, 6) is 1.21. The van der Waals surface area contributed by atoms with Crippen LogP contribution in [0.25, 0.3) is 11.1 Å². The van der Waals surface area contributed by atoms with Gasteiger partial charge in [0.05, 0.1) is 11.6 Å². The molecule has 0 spiro atoms. The molecular formula is C22H22N4. The van der Waals surface area contributed by atoms with Crippen molar-refractivity contribution in [2.45, 2.75) is 27.2 Å². The number of aryl methyl sites for hydroxylation is 1. The van der Waals surface area contributed by atoms with E-state index in [1.165, 1.54) is 5.56 Å². The summed E-state index contributed by atoms with van der Waals surface area (Å²) in [5.41, 5.74) is 5.88. The molecule has 2 aromatic carbocycles. The molecule has 0 bridgehead atoms. The molecule has 0 aliphatic heterocycles. The molecule has 0 radical (unpaired) electrons. The van der Waals surface area contributed by atoms with Gasteiger partial charge in [0.15, 0.2) is 0 Å². The number of nitriles is 1. The number of hydrogen-bond acceptors (Lipinski definition) is 4. The number of hydrogen-bond donors (Lipinski definition) is 1. The summed E-state index contributed by atoms with van der Waals surface area (Å²) in [6.45, 7) is 6.37. The molecule has 0 aliphatic rings.